The van der Waals surface area contributed by atoms with E-state index in [4.69, 9.17) is 0 Å². The highest BCUT2D eigenvalue weighted by Gasteiger charge is 2.18. The van der Waals surface area contributed by atoms with Gasteiger partial charge in [0, 0.05) is 31.4 Å². The van der Waals surface area contributed by atoms with E-state index in [1.54, 1.807) is 0 Å². The molecule has 0 aliphatic heterocycles. The molecule has 1 aliphatic carbocycles. The van der Waals surface area contributed by atoms with Gasteiger partial charge in [-0.1, -0.05) is 36.4 Å². The van der Waals surface area contributed by atoms with Crippen LogP contribution in [0.15, 0.2) is 48.8 Å². The summed E-state index contributed by atoms with van der Waals surface area (Å²) in [6.45, 7) is 3.40. The first-order chi connectivity index (χ1) is 11.2. The number of imidazole rings is 1. The first-order valence-corrected chi connectivity index (χ1v) is 8.20. The number of hydrogen-bond acceptors (Lipinski definition) is 2. The van der Waals surface area contributed by atoms with Gasteiger partial charge >= 0.3 is 0 Å². The Kier molecular flexibility index (Phi) is 4.91. The van der Waals surface area contributed by atoms with Gasteiger partial charge in [-0.25, -0.2) is 4.98 Å². The SMILES string of the molecule is Cc1nccn1Cc1cccc(CNC(=O)C2CC=CCC2)c1. The van der Waals surface area contributed by atoms with Gasteiger partial charge in [-0.3, -0.25) is 4.79 Å². The average molecular weight is 309 g/mol. The molecule has 1 N–H and O–H groups in total. The van der Waals surface area contributed by atoms with Crippen LogP contribution in [-0.2, 0) is 17.9 Å². The molecule has 0 radical (unpaired) electrons. The van der Waals surface area contributed by atoms with Crippen LogP contribution in [0.5, 0.6) is 0 Å². The first-order valence-electron chi connectivity index (χ1n) is 8.20. The van der Waals surface area contributed by atoms with Crippen LogP contribution < -0.4 is 5.32 Å². The van der Waals surface area contributed by atoms with Crippen LogP contribution >= 0.6 is 0 Å². The number of carbonyl (C=O) groups is 1. The van der Waals surface area contributed by atoms with E-state index in [9.17, 15) is 4.79 Å². The summed E-state index contributed by atoms with van der Waals surface area (Å²) in [7, 11) is 0. The molecule has 1 aromatic carbocycles. The highest BCUT2D eigenvalue weighted by Crippen LogP contribution is 2.18. The lowest BCUT2D eigenvalue weighted by molar-refractivity contribution is -0.125. The lowest BCUT2D eigenvalue weighted by Gasteiger charge is -2.17. The molecular weight excluding hydrogens is 286 g/mol. The fraction of sp³-hybridized carbons (Fsp3) is 0.368. The van der Waals surface area contributed by atoms with E-state index in [0.717, 1.165) is 37.2 Å². The molecule has 0 fully saturated rings. The summed E-state index contributed by atoms with van der Waals surface area (Å²) in [5.41, 5.74) is 2.36. The van der Waals surface area contributed by atoms with Crippen molar-refractivity contribution in [3.63, 3.8) is 0 Å². The third kappa shape index (κ3) is 4.09. The van der Waals surface area contributed by atoms with Crippen molar-refractivity contribution in [2.24, 2.45) is 5.92 Å². The molecular formula is C19H23N3O. The summed E-state index contributed by atoms with van der Waals surface area (Å²) in [4.78, 5) is 16.4. The molecule has 1 atom stereocenters. The number of aromatic nitrogens is 2. The standard InChI is InChI=1S/C19H23N3O/c1-15-20-10-11-22(15)14-17-7-5-6-16(12-17)13-21-19(23)18-8-3-2-4-9-18/h2-3,5-7,10-12,18H,4,8-9,13-14H2,1H3,(H,21,23). The molecule has 23 heavy (non-hydrogen) atoms. The molecule has 0 saturated carbocycles. The maximum atomic E-state index is 12.2. The fourth-order valence-corrected chi connectivity index (χ4v) is 2.97. The number of carbonyl (C=O) groups excluding carboxylic acids is 1. The van der Waals surface area contributed by atoms with Crippen molar-refractivity contribution in [2.45, 2.75) is 39.3 Å². The lowest BCUT2D eigenvalue weighted by Crippen LogP contribution is -2.30. The highest BCUT2D eigenvalue weighted by atomic mass is 16.1. The van der Waals surface area contributed by atoms with Gasteiger partial charge in [-0.15, -0.1) is 0 Å². The molecule has 4 heteroatoms. The van der Waals surface area contributed by atoms with Crippen LogP contribution in [0.3, 0.4) is 0 Å². The molecule has 0 saturated heterocycles. The molecule has 1 heterocycles. The quantitative estimate of drug-likeness (QED) is 0.862. The van der Waals surface area contributed by atoms with Crippen LogP contribution in [-0.4, -0.2) is 15.5 Å². The molecule has 1 amide bonds. The Labute approximate surface area is 137 Å². The van der Waals surface area contributed by atoms with Crippen LogP contribution in [0.1, 0.15) is 36.2 Å². The van der Waals surface area contributed by atoms with Crippen molar-refractivity contribution in [2.75, 3.05) is 0 Å². The number of hydrogen-bond donors (Lipinski definition) is 1. The molecule has 0 bridgehead atoms. The van der Waals surface area contributed by atoms with Crippen molar-refractivity contribution < 1.29 is 4.79 Å². The zero-order valence-corrected chi connectivity index (χ0v) is 13.5. The zero-order valence-electron chi connectivity index (χ0n) is 13.5. The lowest BCUT2D eigenvalue weighted by atomic mass is 9.93. The molecule has 1 aliphatic rings. The minimum Gasteiger partial charge on any atom is -0.352 e. The number of benzene rings is 1. The van der Waals surface area contributed by atoms with Crippen LogP contribution in [0.4, 0.5) is 0 Å². The topological polar surface area (TPSA) is 46.9 Å². The summed E-state index contributed by atoms with van der Waals surface area (Å²) < 4.78 is 2.12. The Morgan fingerprint density at radius 3 is 2.96 bits per heavy atom. The fourth-order valence-electron chi connectivity index (χ4n) is 2.97. The van der Waals surface area contributed by atoms with E-state index in [1.807, 2.05) is 25.4 Å². The Morgan fingerprint density at radius 2 is 2.22 bits per heavy atom. The molecule has 120 valence electrons. The second-order valence-electron chi connectivity index (χ2n) is 6.12. The number of aryl methyl sites for hydroxylation is 1. The summed E-state index contributed by atoms with van der Waals surface area (Å²) in [6, 6.07) is 8.37. The predicted octanol–water partition coefficient (Wildman–Crippen LogP) is 3.21. The summed E-state index contributed by atoms with van der Waals surface area (Å²) in [6.07, 6.45) is 10.9. The summed E-state index contributed by atoms with van der Waals surface area (Å²) in [5, 5.41) is 3.07. The van der Waals surface area contributed by atoms with Crippen molar-refractivity contribution in [3.8, 4) is 0 Å². The van der Waals surface area contributed by atoms with Gasteiger partial charge in [0.2, 0.25) is 5.91 Å². The smallest absolute Gasteiger partial charge is 0.223 e. The maximum Gasteiger partial charge on any atom is 0.223 e. The maximum absolute atomic E-state index is 12.2. The third-order valence-electron chi connectivity index (χ3n) is 4.37. The Balaban J connectivity index is 1.58. The second kappa shape index (κ2) is 7.27. The highest BCUT2D eigenvalue weighted by molar-refractivity contribution is 5.78. The largest absolute Gasteiger partial charge is 0.352 e. The molecule has 1 unspecified atom stereocenters. The summed E-state index contributed by atoms with van der Waals surface area (Å²) in [5.74, 6) is 1.32. The molecule has 2 aromatic rings. The van der Waals surface area contributed by atoms with Crippen molar-refractivity contribution in [3.05, 3.63) is 65.8 Å². The number of allylic oxidation sites excluding steroid dienone is 2. The van der Waals surface area contributed by atoms with Gasteiger partial charge < -0.3 is 9.88 Å². The van der Waals surface area contributed by atoms with Gasteiger partial charge in [0.15, 0.2) is 0 Å². The van der Waals surface area contributed by atoms with Crippen molar-refractivity contribution in [1.29, 1.82) is 0 Å². The molecule has 1 aromatic heterocycles. The summed E-state index contributed by atoms with van der Waals surface area (Å²) >= 11 is 0. The Hall–Kier alpha value is -2.36. The number of nitrogens with zero attached hydrogens (tertiary/aromatic N) is 2. The second-order valence-corrected chi connectivity index (χ2v) is 6.12. The average Bonchev–Trinajstić information content (AvgIpc) is 2.99. The predicted molar refractivity (Wildman–Crippen MR) is 90.8 cm³/mol. The molecule has 0 spiro atoms. The van der Waals surface area contributed by atoms with Gasteiger partial charge in [0.1, 0.15) is 5.82 Å². The normalized spacial score (nSPS) is 17.2. The number of rotatable bonds is 5. The number of nitrogens with one attached hydrogen (secondary N) is 1. The monoisotopic (exact) mass is 309 g/mol. The third-order valence-corrected chi connectivity index (χ3v) is 4.37. The van der Waals surface area contributed by atoms with Crippen LogP contribution in [0.25, 0.3) is 0 Å². The zero-order chi connectivity index (χ0) is 16.1. The minimum absolute atomic E-state index is 0.136. The van der Waals surface area contributed by atoms with Crippen LogP contribution in [0, 0.1) is 12.8 Å². The molecule has 3 rings (SSSR count). The van der Waals surface area contributed by atoms with Gasteiger partial charge in [-0.2, -0.15) is 0 Å². The van der Waals surface area contributed by atoms with E-state index < -0.39 is 0 Å². The number of amides is 1. The Bertz CT molecular complexity index is 702. The van der Waals surface area contributed by atoms with E-state index in [1.165, 1.54) is 5.56 Å². The molecule has 4 nitrogen and oxygen atoms in total. The van der Waals surface area contributed by atoms with Crippen molar-refractivity contribution >= 4 is 5.91 Å². The van der Waals surface area contributed by atoms with E-state index in [2.05, 4.69) is 45.2 Å². The van der Waals surface area contributed by atoms with Crippen LogP contribution in [0.2, 0.25) is 0 Å². The Morgan fingerprint density at radius 1 is 1.35 bits per heavy atom. The van der Waals surface area contributed by atoms with Crippen molar-refractivity contribution in [1.82, 2.24) is 14.9 Å². The van der Waals surface area contributed by atoms with E-state index in [0.29, 0.717) is 6.54 Å². The van der Waals surface area contributed by atoms with Gasteiger partial charge in [0.05, 0.1) is 0 Å². The van der Waals surface area contributed by atoms with E-state index >= 15 is 0 Å². The minimum atomic E-state index is 0.136. The first kappa shape index (κ1) is 15.5. The van der Waals surface area contributed by atoms with Gasteiger partial charge in [-0.05, 0) is 37.3 Å². The van der Waals surface area contributed by atoms with E-state index in [-0.39, 0.29) is 11.8 Å². The van der Waals surface area contributed by atoms with Gasteiger partial charge in [0.25, 0.3) is 0 Å².